The summed E-state index contributed by atoms with van der Waals surface area (Å²) in [6.45, 7) is 0. The van der Waals surface area contributed by atoms with Gasteiger partial charge >= 0.3 is 0 Å². The minimum absolute atomic E-state index is 0.820. The SMILES string of the molecule is [c]1cccc2[pH]c3ccccc3c12. The third kappa shape index (κ3) is 0.993. The Morgan fingerprint density at radius 3 is 2.77 bits per heavy atom. The molecule has 0 N–H and O–H groups in total. The Labute approximate surface area is 78.3 Å². The molecule has 1 unspecified atom stereocenters. The monoisotopic (exact) mass is 183 g/mol. The summed E-state index contributed by atoms with van der Waals surface area (Å²) < 4.78 is 0. The van der Waals surface area contributed by atoms with Gasteiger partial charge < -0.3 is 0 Å². The van der Waals surface area contributed by atoms with E-state index in [-0.39, 0.29) is 0 Å². The largest absolute Gasteiger partial charge is 0.123 e. The fourth-order valence-corrected chi connectivity index (χ4v) is 3.04. The normalized spacial score (nSPS) is 11.1. The molecule has 1 aromatic heterocycles. The van der Waals surface area contributed by atoms with Crippen LogP contribution >= 0.6 is 8.19 Å². The Morgan fingerprint density at radius 2 is 1.77 bits per heavy atom. The predicted molar refractivity (Wildman–Crippen MR) is 59.8 cm³/mol. The molecule has 1 heterocycles. The van der Waals surface area contributed by atoms with Crippen molar-refractivity contribution in [3.63, 3.8) is 0 Å². The number of hydrogen-bond acceptors (Lipinski definition) is 0. The van der Waals surface area contributed by atoms with E-state index < -0.39 is 0 Å². The lowest BCUT2D eigenvalue weighted by molar-refractivity contribution is 1.83. The van der Waals surface area contributed by atoms with Crippen molar-refractivity contribution < 1.29 is 0 Å². The van der Waals surface area contributed by atoms with Crippen molar-refractivity contribution in [2.75, 3.05) is 0 Å². The van der Waals surface area contributed by atoms with E-state index in [1.54, 1.807) is 0 Å². The van der Waals surface area contributed by atoms with Gasteiger partial charge in [-0.05, 0) is 16.6 Å². The van der Waals surface area contributed by atoms with E-state index in [4.69, 9.17) is 0 Å². The van der Waals surface area contributed by atoms with Gasteiger partial charge in [0.1, 0.15) is 0 Å². The van der Waals surface area contributed by atoms with E-state index in [2.05, 4.69) is 42.5 Å². The van der Waals surface area contributed by atoms with Gasteiger partial charge in [0, 0.05) is 10.5 Å². The molecule has 0 bridgehead atoms. The van der Waals surface area contributed by atoms with E-state index in [9.17, 15) is 0 Å². The molecule has 0 saturated heterocycles. The highest BCUT2D eigenvalue weighted by atomic mass is 31.0. The lowest BCUT2D eigenvalue weighted by Gasteiger charge is -1.88. The second-order valence-corrected chi connectivity index (χ2v) is 4.46. The Hall–Kier alpha value is -1.26. The fourth-order valence-electron chi connectivity index (χ4n) is 1.72. The van der Waals surface area contributed by atoms with Gasteiger partial charge in [-0.15, -0.1) is 8.19 Å². The zero-order chi connectivity index (χ0) is 8.67. The quantitative estimate of drug-likeness (QED) is 0.497. The minimum Gasteiger partial charge on any atom is -0.123 e. The summed E-state index contributed by atoms with van der Waals surface area (Å²) in [4.78, 5) is 0. The van der Waals surface area contributed by atoms with Crippen LogP contribution in [0, 0.1) is 6.07 Å². The Kier molecular flexibility index (Phi) is 1.44. The van der Waals surface area contributed by atoms with Crippen LogP contribution in [0.3, 0.4) is 0 Å². The molecular weight excluding hydrogens is 175 g/mol. The summed E-state index contributed by atoms with van der Waals surface area (Å²) >= 11 is 0. The van der Waals surface area contributed by atoms with Gasteiger partial charge in [-0.25, -0.2) is 0 Å². The van der Waals surface area contributed by atoms with Crippen molar-refractivity contribution in [2.45, 2.75) is 0 Å². The maximum atomic E-state index is 3.31. The van der Waals surface area contributed by atoms with Gasteiger partial charge in [0.2, 0.25) is 0 Å². The van der Waals surface area contributed by atoms with Crippen molar-refractivity contribution in [1.82, 2.24) is 0 Å². The van der Waals surface area contributed by atoms with Crippen LogP contribution in [0.2, 0.25) is 0 Å². The van der Waals surface area contributed by atoms with Crippen LogP contribution in [0.15, 0.2) is 42.5 Å². The summed E-state index contributed by atoms with van der Waals surface area (Å²) in [7, 11) is 0.820. The average Bonchev–Trinajstić information content (AvgIpc) is 2.56. The summed E-state index contributed by atoms with van der Waals surface area (Å²) in [5.74, 6) is 0. The first kappa shape index (κ1) is 7.17. The smallest absolute Gasteiger partial charge is 0.00140 e. The van der Waals surface area contributed by atoms with Crippen LogP contribution in [0.1, 0.15) is 0 Å². The van der Waals surface area contributed by atoms with E-state index >= 15 is 0 Å². The molecule has 2 aromatic carbocycles. The third-order valence-electron chi connectivity index (χ3n) is 2.32. The van der Waals surface area contributed by atoms with Crippen LogP contribution in [-0.4, -0.2) is 0 Å². The molecule has 0 aliphatic carbocycles. The summed E-state index contributed by atoms with van der Waals surface area (Å²) in [6.07, 6.45) is 0. The molecule has 1 heteroatoms. The number of benzene rings is 2. The second-order valence-electron chi connectivity index (χ2n) is 3.13. The van der Waals surface area contributed by atoms with Crippen molar-refractivity contribution in [3.05, 3.63) is 48.5 Å². The van der Waals surface area contributed by atoms with Crippen LogP contribution in [0.25, 0.3) is 21.0 Å². The van der Waals surface area contributed by atoms with E-state index in [1.165, 1.54) is 21.0 Å². The number of hydrogen-bond donors (Lipinski definition) is 0. The summed E-state index contributed by atoms with van der Waals surface area (Å²) in [5.41, 5.74) is 0. The Balaban J connectivity index is 2.64. The van der Waals surface area contributed by atoms with Gasteiger partial charge in [0.25, 0.3) is 0 Å². The molecule has 0 fully saturated rings. The molecule has 1 radical (unpaired) electrons. The fraction of sp³-hybridized carbons (Fsp3) is 0. The highest BCUT2D eigenvalue weighted by Crippen LogP contribution is 2.36. The van der Waals surface area contributed by atoms with Crippen LogP contribution in [-0.2, 0) is 0 Å². The first-order chi connectivity index (χ1) is 6.45. The average molecular weight is 183 g/mol. The molecule has 3 rings (SSSR count). The van der Waals surface area contributed by atoms with Crippen molar-refractivity contribution in [1.29, 1.82) is 0 Å². The lowest BCUT2D eigenvalue weighted by Crippen LogP contribution is -1.63. The highest BCUT2D eigenvalue weighted by Gasteiger charge is 2.00. The molecule has 0 spiro atoms. The molecule has 0 aliphatic heterocycles. The van der Waals surface area contributed by atoms with Gasteiger partial charge in [0.15, 0.2) is 0 Å². The molecule has 13 heavy (non-hydrogen) atoms. The maximum absolute atomic E-state index is 3.31. The van der Waals surface area contributed by atoms with Crippen molar-refractivity contribution in [3.8, 4) is 0 Å². The van der Waals surface area contributed by atoms with E-state index in [1.807, 2.05) is 6.07 Å². The zero-order valence-corrected chi connectivity index (χ0v) is 8.04. The van der Waals surface area contributed by atoms with Gasteiger partial charge in [-0.3, -0.25) is 0 Å². The topological polar surface area (TPSA) is 0 Å². The number of fused-ring (bicyclic) bond motifs is 3. The predicted octanol–water partition coefficient (Wildman–Crippen LogP) is 3.82. The first-order valence-corrected chi connectivity index (χ1v) is 5.32. The molecule has 1 atom stereocenters. The number of rotatable bonds is 0. The molecule has 61 valence electrons. The van der Waals surface area contributed by atoms with Crippen LogP contribution in [0.5, 0.6) is 0 Å². The molecule has 3 aromatic rings. The van der Waals surface area contributed by atoms with Crippen LogP contribution in [0.4, 0.5) is 0 Å². The minimum atomic E-state index is 0.820. The lowest BCUT2D eigenvalue weighted by atomic mass is 10.2. The van der Waals surface area contributed by atoms with Crippen LogP contribution < -0.4 is 0 Å². The summed E-state index contributed by atoms with van der Waals surface area (Å²) in [6, 6.07) is 18.2. The molecule has 0 aliphatic rings. The molecule has 0 saturated carbocycles. The molecule has 0 amide bonds. The zero-order valence-electron chi connectivity index (χ0n) is 7.04. The maximum Gasteiger partial charge on any atom is 0.00140 e. The van der Waals surface area contributed by atoms with Crippen molar-refractivity contribution >= 4 is 29.2 Å². The highest BCUT2D eigenvalue weighted by molar-refractivity contribution is 7.43. The third-order valence-corrected chi connectivity index (χ3v) is 3.71. The van der Waals surface area contributed by atoms with E-state index in [0.717, 1.165) is 8.19 Å². The molecule has 0 nitrogen and oxygen atoms in total. The molecular formula is C12H8P. The standard InChI is InChI=1S/C12H8P/c1-3-7-11-9(5-1)10-6-2-4-8-12(10)13-11/h1-5,7-8,13H. The summed E-state index contributed by atoms with van der Waals surface area (Å²) in [5, 5.41) is 5.57. The Bertz CT molecular complexity index is 513. The second kappa shape index (κ2) is 2.61. The first-order valence-electron chi connectivity index (χ1n) is 4.32. The van der Waals surface area contributed by atoms with Gasteiger partial charge in [0.05, 0.1) is 0 Å². The van der Waals surface area contributed by atoms with Gasteiger partial charge in [-0.2, -0.15) is 0 Å². The Morgan fingerprint density at radius 1 is 0.923 bits per heavy atom. The van der Waals surface area contributed by atoms with Crippen molar-refractivity contribution in [2.24, 2.45) is 0 Å². The van der Waals surface area contributed by atoms with Gasteiger partial charge in [-0.1, -0.05) is 42.5 Å². The van der Waals surface area contributed by atoms with E-state index in [0.29, 0.717) is 0 Å².